The van der Waals surface area contributed by atoms with Crippen molar-refractivity contribution in [1.29, 1.82) is 0 Å². The maximum absolute atomic E-state index is 13.2. The Morgan fingerprint density at radius 2 is 0.691 bits per heavy atom. The Hall–Kier alpha value is -1.67. The summed E-state index contributed by atoms with van der Waals surface area (Å²) in [7, 11) is 2.15. The number of ether oxygens (including phenoxy) is 2. The summed E-state index contributed by atoms with van der Waals surface area (Å²) < 4.78 is 11.8. The van der Waals surface area contributed by atoms with Gasteiger partial charge in [0, 0.05) is 32.6 Å². The highest BCUT2D eigenvalue weighted by Gasteiger charge is 2.21. The molecule has 0 spiro atoms. The summed E-state index contributed by atoms with van der Waals surface area (Å²) >= 11 is 0. The van der Waals surface area contributed by atoms with Crippen molar-refractivity contribution in [2.24, 2.45) is 11.8 Å². The lowest BCUT2D eigenvalue weighted by molar-refractivity contribution is -0.150. The van der Waals surface area contributed by atoms with Crippen LogP contribution in [-0.2, 0) is 23.9 Å². The minimum atomic E-state index is 0.0509. The molecule has 0 bridgehead atoms. The number of carbonyl (C=O) groups is 3. The van der Waals surface area contributed by atoms with Gasteiger partial charge in [-0.25, -0.2) is 0 Å². The molecule has 1 N–H and O–H groups in total. The first-order chi connectivity index (χ1) is 33.3. The van der Waals surface area contributed by atoms with Crippen LogP contribution >= 0.6 is 0 Å². The van der Waals surface area contributed by atoms with Crippen LogP contribution in [0, 0.1) is 11.8 Å². The van der Waals surface area contributed by atoms with Gasteiger partial charge in [0.25, 0.3) is 0 Å². The molecule has 0 saturated heterocycles. The van der Waals surface area contributed by atoms with Gasteiger partial charge in [-0.15, -0.1) is 0 Å². The minimum Gasteiger partial charge on any atom is -0.465 e. The van der Waals surface area contributed by atoms with Crippen LogP contribution in [0.2, 0.25) is 0 Å². The Kier molecular flexibility index (Phi) is 51.8. The molecule has 2 atom stereocenters. The van der Waals surface area contributed by atoms with E-state index in [1.807, 2.05) is 0 Å². The van der Waals surface area contributed by atoms with Crippen molar-refractivity contribution in [1.82, 2.24) is 15.1 Å². The molecule has 0 rings (SSSR count). The molecule has 8 nitrogen and oxygen atoms in total. The molecule has 0 fully saturated rings. The lowest BCUT2D eigenvalue weighted by atomic mass is 9.94. The standard InChI is InChI=1S/C60H119N3O5/c1-7-12-17-22-25-26-29-38-48-61-58(64)47-51-62(6)52-53-63(49-39-30-32-41-54-67-59(65)56(43-34-20-15-10-4)45-36-27-23-18-13-8-2)50-40-31-33-42-55-68-60(66)57(44-35-21-16-11-5)46-37-28-24-19-14-9-3/h56-57H,7-55H2,1-6H3,(H,61,64). The number of nitrogens with zero attached hydrogens (tertiary/aromatic N) is 2. The van der Waals surface area contributed by atoms with Crippen LogP contribution < -0.4 is 5.32 Å². The molecule has 8 heteroatoms. The van der Waals surface area contributed by atoms with Crippen molar-refractivity contribution in [3.63, 3.8) is 0 Å². The highest BCUT2D eigenvalue weighted by Crippen LogP contribution is 2.22. The van der Waals surface area contributed by atoms with Crippen LogP contribution in [-0.4, -0.2) is 87.2 Å². The number of nitrogens with one attached hydrogen (secondary N) is 1. The molecule has 0 aliphatic heterocycles. The molecular formula is C60H119N3O5. The van der Waals surface area contributed by atoms with Crippen LogP contribution in [0.5, 0.6) is 0 Å². The first-order valence-corrected chi connectivity index (χ1v) is 30.3. The van der Waals surface area contributed by atoms with E-state index in [-0.39, 0.29) is 29.7 Å². The summed E-state index contributed by atoms with van der Waals surface area (Å²) in [4.78, 5) is 43.9. The van der Waals surface area contributed by atoms with Crippen molar-refractivity contribution < 1.29 is 23.9 Å². The van der Waals surface area contributed by atoms with Crippen molar-refractivity contribution in [2.75, 3.05) is 59.5 Å². The van der Waals surface area contributed by atoms with Gasteiger partial charge >= 0.3 is 11.9 Å². The van der Waals surface area contributed by atoms with Crippen LogP contribution in [0.4, 0.5) is 0 Å². The van der Waals surface area contributed by atoms with E-state index < -0.39 is 0 Å². The van der Waals surface area contributed by atoms with Crippen LogP contribution in [0.1, 0.15) is 298 Å². The summed E-state index contributed by atoms with van der Waals surface area (Å²) in [6, 6.07) is 0. The number of rotatable bonds is 55. The minimum absolute atomic E-state index is 0.0509. The van der Waals surface area contributed by atoms with Crippen molar-refractivity contribution >= 4 is 17.8 Å². The Bertz CT molecular complexity index is 1020. The topological polar surface area (TPSA) is 88.2 Å². The Morgan fingerprint density at radius 1 is 0.368 bits per heavy atom. The lowest BCUT2D eigenvalue weighted by Crippen LogP contribution is -2.36. The number of carbonyl (C=O) groups excluding carboxylic acids is 3. The smallest absolute Gasteiger partial charge is 0.308 e. The van der Waals surface area contributed by atoms with E-state index in [4.69, 9.17) is 9.47 Å². The van der Waals surface area contributed by atoms with E-state index in [0.717, 1.165) is 148 Å². The number of esters is 2. The predicted octanol–water partition coefficient (Wildman–Crippen LogP) is 16.7. The SMILES string of the molecule is CCCCCCCCCCNC(=O)CCN(C)CCN(CCCCCCOC(=O)C(CCCCCC)CCCCCCCC)CCCCCCOC(=O)C(CCCCCC)CCCCCCCC. The summed E-state index contributed by atoms with van der Waals surface area (Å²) in [5, 5.41) is 3.16. The van der Waals surface area contributed by atoms with E-state index in [1.54, 1.807) is 0 Å². The van der Waals surface area contributed by atoms with E-state index in [9.17, 15) is 14.4 Å². The predicted molar refractivity (Wildman–Crippen MR) is 294 cm³/mol. The monoisotopic (exact) mass is 962 g/mol. The van der Waals surface area contributed by atoms with Gasteiger partial charge in [-0.05, 0) is 77.9 Å². The molecule has 0 aromatic heterocycles. The van der Waals surface area contributed by atoms with Crippen LogP contribution in [0.15, 0.2) is 0 Å². The first-order valence-electron chi connectivity index (χ1n) is 30.3. The zero-order chi connectivity index (χ0) is 49.8. The van der Waals surface area contributed by atoms with Gasteiger partial charge < -0.3 is 24.6 Å². The quantitative estimate of drug-likeness (QED) is 0.0480. The highest BCUT2D eigenvalue weighted by molar-refractivity contribution is 5.76. The largest absolute Gasteiger partial charge is 0.465 e. The van der Waals surface area contributed by atoms with E-state index >= 15 is 0 Å². The van der Waals surface area contributed by atoms with Crippen LogP contribution in [0.25, 0.3) is 0 Å². The molecule has 0 aromatic rings. The molecule has 1 amide bonds. The van der Waals surface area contributed by atoms with Crippen LogP contribution in [0.3, 0.4) is 0 Å². The summed E-state index contributed by atoms with van der Waals surface area (Å²) in [6.45, 7) is 18.1. The van der Waals surface area contributed by atoms with Crippen molar-refractivity contribution in [3.8, 4) is 0 Å². The van der Waals surface area contributed by atoms with Gasteiger partial charge in [-0.1, -0.05) is 234 Å². The number of amides is 1. The van der Waals surface area contributed by atoms with Gasteiger partial charge in [0.05, 0.1) is 25.0 Å². The van der Waals surface area contributed by atoms with E-state index in [1.165, 1.54) is 148 Å². The Labute approximate surface area is 424 Å². The summed E-state index contributed by atoms with van der Waals surface area (Å²) in [6.07, 6.45) is 48.2. The number of likely N-dealkylation sites (N-methyl/N-ethyl adjacent to an activating group) is 1. The molecular weight excluding hydrogens is 843 g/mol. The lowest BCUT2D eigenvalue weighted by Gasteiger charge is -2.25. The zero-order valence-corrected chi connectivity index (χ0v) is 46.7. The zero-order valence-electron chi connectivity index (χ0n) is 46.7. The van der Waals surface area contributed by atoms with Gasteiger partial charge in [0.15, 0.2) is 0 Å². The fraction of sp³-hybridized carbons (Fsp3) is 0.950. The first kappa shape index (κ1) is 66.3. The molecule has 2 unspecified atom stereocenters. The summed E-state index contributed by atoms with van der Waals surface area (Å²) in [5.74, 6) is 0.427. The third-order valence-electron chi connectivity index (χ3n) is 14.4. The third kappa shape index (κ3) is 45.5. The summed E-state index contributed by atoms with van der Waals surface area (Å²) in [5.41, 5.74) is 0. The fourth-order valence-electron chi connectivity index (χ4n) is 9.53. The number of hydrogen-bond donors (Lipinski definition) is 1. The normalized spacial score (nSPS) is 12.5. The maximum atomic E-state index is 13.2. The van der Waals surface area contributed by atoms with Gasteiger partial charge in [-0.3, -0.25) is 14.4 Å². The fourth-order valence-corrected chi connectivity index (χ4v) is 9.53. The number of unbranched alkanes of at least 4 members (excludes halogenated alkanes) is 29. The average Bonchev–Trinajstić information content (AvgIpc) is 3.34. The van der Waals surface area contributed by atoms with Gasteiger partial charge in [0.2, 0.25) is 5.91 Å². The Morgan fingerprint density at radius 3 is 1.09 bits per heavy atom. The van der Waals surface area contributed by atoms with E-state index in [0.29, 0.717) is 19.6 Å². The second-order valence-electron chi connectivity index (χ2n) is 21.1. The second-order valence-corrected chi connectivity index (χ2v) is 21.1. The van der Waals surface area contributed by atoms with Gasteiger partial charge in [0.1, 0.15) is 0 Å². The molecule has 0 aromatic carbocycles. The molecule has 68 heavy (non-hydrogen) atoms. The second kappa shape index (κ2) is 53.1. The average molecular weight is 963 g/mol. The molecule has 0 heterocycles. The Balaban J connectivity index is 4.89. The van der Waals surface area contributed by atoms with Crippen molar-refractivity contribution in [2.45, 2.75) is 298 Å². The molecule has 0 radical (unpaired) electrons. The highest BCUT2D eigenvalue weighted by atomic mass is 16.5. The van der Waals surface area contributed by atoms with Gasteiger partial charge in [-0.2, -0.15) is 0 Å². The third-order valence-corrected chi connectivity index (χ3v) is 14.4. The van der Waals surface area contributed by atoms with Crippen molar-refractivity contribution in [3.05, 3.63) is 0 Å². The molecule has 404 valence electrons. The number of hydrogen-bond acceptors (Lipinski definition) is 7. The molecule has 0 aliphatic carbocycles. The maximum Gasteiger partial charge on any atom is 0.308 e. The molecule has 0 aliphatic rings. The molecule has 0 saturated carbocycles. The van der Waals surface area contributed by atoms with E-state index in [2.05, 4.69) is 56.8 Å².